The highest BCUT2D eigenvalue weighted by Gasteiger charge is 2.75. The molecule has 0 aromatic heterocycles. The van der Waals surface area contributed by atoms with Crippen molar-refractivity contribution in [3.8, 4) is 28.7 Å². The van der Waals surface area contributed by atoms with Gasteiger partial charge < -0.3 is 33.1 Å². The van der Waals surface area contributed by atoms with Crippen LogP contribution in [0.15, 0.2) is 12.1 Å². The molecule has 4 aliphatic heterocycles. The van der Waals surface area contributed by atoms with E-state index in [9.17, 15) is 14.7 Å². The van der Waals surface area contributed by atoms with Crippen molar-refractivity contribution < 1.29 is 37.8 Å². The minimum atomic E-state index is -1.07. The highest BCUT2D eigenvalue weighted by molar-refractivity contribution is 8.16. The number of hydrogen-bond donors (Lipinski definition) is 2. The second-order valence-electron chi connectivity index (χ2n) is 10.7. The zero-order valence-electron chi connectivity index (χ0n) is 22.2. The average molecular weight is 555 g/mol. The molecule has 3 fully saturated rings. The number of fused-ring (bicyclic) bond motifs is 5. The van der Waals surface area contributed by atoms with Crippen LogP contribution in [0, 0.1) is 13.8 Å². The summed E-state index contributed by atoms with van der Waals surface area (Å²) >= 11 is 0.884. The maximum Gasteiger partial charge on any atom is 0.334 e. The van der Waals surface area contributed by atoms with Crippen LogP contribution in [0.25, 0.3) is 0 Å². The summed E-state index contributed by atoms with van der Waals surface area (Å²) in [6.07, 6.45) is 0.876. The van der Waals surface area contributed by atoms with Crippen LogP contribution in [0.4, 0.5) is 0 Å². The highest BCUT2D eigenvalue weighted by atomic mass is 32.2. The fraction of sp³-hybridized carbons (Fsp3) is 0.481. The lowest BCUT2D eigenvalue weighted by Gasteiger charge is -2.52. The molecule has 10 nitrogen and oxygen atoms in total. The number of aryl methyl sites for hydroxylation is 1. The van der Waals surface area contributed by atoms with Crippen molar-refractivity contribution in [1.29, 1.82) is 1.34 Å². The fourth-order valence-electron chi connectivity index (χ4n) is 7.07. The van der Waals surface area contributed by atoms with E-state index in [1.165, 1.54) is 0 Å². The van der Waals surface area contributed by atoms with E-state index in [1.54, 1.807) is 18.9 Å². The van der Waals surface area contributed by atoms with Crippen molar-refractivity contribution in [2.24, 2.45) is 0 Å². The third-order valence-electron chi connectivity index (χ3n) is 8.75. The van der Waals surface area contributed by atoms with E-state index in [-0.39, 0.29) is 25.9 Å². The third-order valence-corrected chi connectivity index (χ3v) is 9.03. The molecular weight excluding hydrogens is 523 g/mol. The van der Waals surface area contributed by atoms with Gasteiger partial charge in [0.25, 0.3) is 0 Å². The molecule has 2 N–H and O–H groups in total. The van der Waals surface area contributed by atoms with Crippen LogP contribution in [0.3, 0.4) is 0 Å². The maximum absolute atomic E-state index is 14.0. The zero-order chi connectivity index (χ0) is 27.4. The number of nitrogens with one attached hydrogen (secondary N) is 1. The van der Waals surface area contributed by atoms with Crippen LogP contribution in [-0.2, 0) is 25.5 Å². The zero-order valence-corrected chi connectivity index (χ0v) is 22.1. The number of ether oxygens (including phenoxy) is 4. The number of benzene rings is 2. The summed E-state index contributed by atoms with van der Waals surface area (Å²) in [5, 5.41) is 14.5. The van der Waals surface area contributed by atoms with Crippen molar-refractivity contribution in [1.82, 2.24) is 10.2 Å². The molecule has 0 saturated carbocycles. The Labute approximate surface area is 233 Å². The second-order valence-corrected chi connectivity index (χ2v) is 11.1. The summed E-state index contributed by atoms with van der Waals surface area (Å²) in [7, 11) is 2.66. The number of aromatic hydroxyl groups is 1. The van der Waals surface area contributed by atoms with Gasteiger partial charge in [0.1, 0.15) is 5.75 Å². The number of amides is 1. The Morgan fingerprint density at radius 1 is 1.31 bits per heavy atom. The second kappa shape index (κ2) is 8.38. The number of phenolic OH excluding ortho intramolecular Hbond substituents is 1. The van der Waals surface area contributed by atoms with Gasteiger partial charge >= 0.3 is 5.97 Å². The summed E-state index contributed by atoms with van der Waals surface area (Å²) in [6, 6.07) is 2.07. The van der Waals surface area contributed by atoms with Crippen LogP contribution in [-0.4, -0.2) is 56.3 Å². The van der Waals surface area contributed by atoms with Crippen LogP contribution in [0.1, 0.15) is 61.1 Å². The molecule has 3 saturated heterocycles. The van der Waals surface area contributed by atoms with Gasteiger partial charge in [-0.25, -0.2) is 4.79 Å². The van der Waals surface area contributed by atoms with Crippen LogP contribution >= 0.6 is 11.9 Å². The smallest absolute Gasteiger partial charge is 0.334 e. The first-order chi connectivity index (χ1) is 18.6. The molecule has 205 valence electrons. The van der Waals surface area contributed by atoms with Crippen molar-refractivity contribution in [3.63, 3.8) is 0 Å². The van der Waals surface area contributed by atoms with Crippen molar-refractivity contribution in [2.75, 3.05) is 13.9 Å². The van der Waals surface area contributed by atoms with Crippen molar-refractivity contribution in [3.05, 3.63) is 39.9 Å². The Hall–Kier alpha value is -3.25. The third kappa shape index (κ3) is 3.10. The first-order valence-electron chi connectivity index (χ1n) is 12.9. The summed E-state index contributed by atoms with van der Waals surface area (Å²) in [6.45, 7) is 5.69. The van der Waals surface area contributed by atoms with Gasteiger partial charge in [-0.3, -0.25) is 10.1 Å². The molecule has 5 atom stereocenters. The standard InChI is InChI=1S/C26H26BN2O8S.CH4/c1-10-5-12(6-15(37-38-27)19(10)33-4)25(3)7-13(28-25)23(31)29-14-8-26(22(29)24(32)36-26)17-16(14)21-20(34-9-35-21)11(2)18(17)30;/h5-6,13-14,22,27-28,30H,7-9H2,1-4H3;1H4/t13-,14-,22+,25?,26?;/m0./s1/i27T;. The van der Waals surface area contributed by atoms with E-state index in [0.717, 1.165) is 30.1 Å². The fourth-order valence-corrected chi connectivity index (χ4v) is 7.30. The van der Waals surface area contributed by atoms with Gasteiger partial charge in [-0.1, -0.05) is 13.5 Å². The number of rotatable bonds is 6. The minimum Gasteiger partial charge on any atom is -0.507 e. The lowest BCUT2D eigenvalue weighted by Crippen LogP contribution is -2.70. The number of nitrogens with zero attached hydrogens (tertiary/aromatic N) is 1. The molecule has 2 aromatic carbocycles. The largest absolute Gasteiger partial charge is 0.507 e. The molecule has 7 rings (SSSR count). The number of carbonyl (C=O) groups is 2. The molecule has 2 bridgehead atoms. The van der Waals surface area contributed by atoms with Crippen LogP contribution in [0.5, 0.6) is 28.7 Å². The van der Waals surface area contributed by atoms with Gasteiger partial charge in [-0.15, -0.1) is 0 Å². The molecular formula is C27H30BN2O8S. The van der Waals surface area contributed by atoms with E-state index in [4.69, 9.17) is 24.5 Å². The lowest BCUT2D eigenvalue weighted by molar-refractivity contribution is -0.209. The summed E-state index contributed by atoms with van der Waals surface area (Å²) in [5.41, 5.74) is 1.94. The predicted molar refractivity (Wildman–Crippen MR) is 143 cm³/mol. The number of hydrogen-bond acceptors (Lipinski definition) is 10. The molecule has 1 spiro atoms. The van der Waals surface area contributed by atoms with E-state index in [0.29, 0.717) is 52.5 Å². The normalized spacial score (nSPS) is 30.7. The molecule has 1 amide bonds. The van der Waals surface area contributed by atoms with E-state index in [1.807, 2.05) is 26.0 Å². The highest BCUT2D eigenvalue weighted by Crippen LogP contribution is 2.69. The molecule has 1 radical (unpaired) electrons. The Morgan fingerprint density at radius 2 is 2.05 bits per heavy atom. The Morgan fingerprint density at radius 3 is 2.74 bits per heavy atom. The molecule has 1 aliphatic carbocycles. The molecule has 4 heterocycles. The van der Waals surface area contributed by atoms with Gasteiger partial charge in [0.15, 0.2) is 34.6 Å². The summed E-state index contributed by atoms with van der Waals surface area (Å²) in [4.78, 5) is 28.3. The molecule has 2 unspecified atom stereocenters. The Balaban J connectivity index is 0.00000289. The summed E-state index contributed by atoms with van der Waals surface area (Å²) in [5.74, 6) is 1.43. The van der Waals surface area contributed by atoms with Crippen LogP contribution < -0.4 is 23.7 Å². The number of esters is 1. The quantitative estimate of drug-likeness (QED) is 0.313. The van der Waals surface area contributed by atoms with Gasteiger partial charge in [-0.2, -0.15) is 0 Å². The minimum absolute atomic E-state index is 0. The molecule has 2 aromatic rings. The van der Waals surface area contributed by atoms with Crippen LogP contribution in [0.2, 0.25) is 0 Å². The SMILES string of the molecule is C.[3H][B]SOc1cc(C2(C)C[C@@H](C(=O)N3[C@H]4CC5(OC(=O)[C@@H]35)c3c(O)c(C)c5c(c34)OCO5)N2)cc(C)c1OC. The monoisotopic (exact) mass is 555 g/mol. The molecule has 5 aliphatic rings. The lowest BCUT2D eigenvalue weighted by atomic mass is 9.75. The van der Waals surface area contributed by atoms with Gasteiger partial charge in [0.05, 0.1) is 19.2 Å². The Kier molecular flexibility index (Phi) is 5.32. The first-order valence-corrected chi connectivity index (χ1v) is 13.2. The summed E-state index contributed by atoms with van der Waals surface area (Å²) < 4.78 is 35.5. The average Bonchev–Trinajstić information content (AvgIpc) is 3.57. The predicted octanol–water partition coefficient (Wildman–Crippen LogP) is 2.91. The van der Waals surface area contributed by atoms with E-state index < -0.39 is 35.2 Å². The number of likely N-dealkylation sites (tertiary alicyclic amines) is 1. The van der Waals surface area contributed by atoms with Gasteiger partial charge in [0.2, 0.25) is 19.8 Å². The van der Waals surface area contributed by atoms with E-state index >= 15 is 0 Å². The number of phenols is 1. The molecule has 12 heteroatoms. The topological polar surface area (TPSA) is 116 Å². The number of methoxy groups -OCH3 is 1. The Bertz CT molecular complexity index is 1470. The number of carbonyl (C=O) groups excluding carboxylic acids is 2. The first kappa shape index (κ1) is 24.8. The van der Waals surface area contributed by atoms with E-state index in [2.05, 4.69) is 5.32 Å². The van der Waals surface area contributed by atoms with Crippen molar-refractivity contribution in [2.45, 2.75) is 70.3 Å². The van der Waals surface area contributed by atoms with Crippen molar-refractivity contribution >= 4 is 30.9 Å². The van der Waals surface area contributed by atoms with Gasteiger partial charge in [0, 0.05) is 28.7 Å². The maximum atomic E-state index is 14.0. The van der Waals surface area contributed by atoms with Gasteiger partial charge in [-0.05, 0) is 57.6 Å². The molecule has 39 heavy (non-hydrogen) atoms.